The maximum Gasteiger partial charge on any atom is 0.272 e. The smallest absolute Gasteiger partial charge is 0.272 e. The highest BCUT2D eigenvalue weighted by Crippen LogP contribution is 2.23. The van der Waals surface area contributed by atoms with Crippen LogP contribution in [0.4, 0.5) is 5.69 Å². The summed E-state index contributed by atoms with van der Waals surface area (Å²) in [5.74, 6) is -0.113. The minimum Gasteiger partial charge on any atom is -0.484 e. The monoisotopic (exact) mass is 305 g/mol. The third kappa shape index (κ3) is 4.19. The summed E-state index contributed by atoms with van der Waals surface area (Å²) in [5.41, 5.74) is -0.521. The van der Waals surface area contributed by atoms with E-state index in [2.05, 4.69) is 11.4 Å². The number of nitriles is 1. The molecule has 118 valence electrons. The van der Waals surface area contributed by atoms with Crippen LogP contribution in [0.15, 0.2) is 18.2 Å². The van der Waals surface area contributed by atoms with Crippen molar-refractivity contribution in [2.24, 2.45) is 5.92 Å². The lowest BCUT2D eigenvalue weighted by Crippen LogP contribution is -2.50. The number of carbonyl (C=O) groups excluding carboxylic acids is 1. The standard InChI is InChI=1S/C15H19N3O4/c1-10(2)15(4,9-16)17-14(19)8-22-12-5-6-13(18(20)21)11(3)7-12/h5-7,10H,8H2,1-4H3,(H,17,19). The Morgan fingerprint density at radius 1 is 1.55 bits per heavy atom. The van der Waals surface area contributed by atoms with Crippen molar-refractivity contribution in [3.63, 3.8) is 0 Å². The van der Waals surface area contributed by atoms with Gasteiger partial charge in [0.25, 0.3) is 11.6 Å². The second kappa shape index (κ2) is 6.89. The van der Waals surface area contributed by atoms with E-state index in [9.17, 15) is 14.9 Å². The Balaban J connectivity index is 2.67. The molecule has 1 aromatic rings. The van der Waals surface area contributed by atoms with Gasteiger partial charge in [0.15, 0.2) is 6.61 Å². The fourth-order valence-corrected chi connectivity index (χ4v) is 1.70. The normalized spacial score (nSPS) is 13.1. The van der Waals surface area contributed by atoms with Crippen molar-refractivity contribution in [2.75, 3.05) is 6.61 Å². The molecule has 0 fully saturated rings. The molecule has 7 nitrogen and oxygen atoms in total. The van der Waals surface area contributed by atoms with Gasteiger partial charge < -0.3 is 10.1 Å². The fourth-order valence-electron chi connectivity index (χ4n) is 1.70. The summed E-state index contributed by atoms with van der Waals surface area (Å²) in [7, 11) is 0. The van der Waals surface area contributed by atoms with Crippen molar-refractivity contribution in [3.8, 4) is 11.8 Å². The predicted octanol–water partition coefficient (Wildman–Crippen LogP) is 2.34. The molecule has 1 atom stereocenters. The van der Waals surface area contributed by atoms with Crippen LogP contribution in [0.2, 0.25) is 0 Å². The first-order valence-corrected chi connectivity index (χ1v) is 6.79. The number of nitro benzene ring substituents is 1. The molecule has 1 unspecified atom stereocenters. The Morgan fingerprint density at radius 3 is 2.64 bits per heavy atom. The van der Waals surface area contributed by atoms with Crippen molar-refractivity contribution in [1.82, 2.24) is 5.32 Å². The van der Waals surface area contributed by atoms with Crippen LogP contribution < -0.4 is 10.1 Å². The van der Waals surface area contributed by atoms with Crippen LogP contribution in [0.3, 0.4) is 0 Å². The van der Waals surface area contributed by atoms with E-state index >= 15 is 0 Å². The van der Waals surface area contributed by atoms with E-state index in [1.165, 1.54) is 18.2 Å². The van der Waals surface area contributed by atoms with Crippen LogP contribution in [0, 0.1) is 34.3 Å². The molecule has 7 heteroatoms. The number of aryl methyl sites for hydroxylation is 1. The van der Waals surface area contributed by atoms with Crippen LogP contribution in [0.25, 0.3) is 0 Å². The highest BCUT2D eigenvalue weighted by atomic mass is 16.6. The highest BCUT2D eigenvalue weighted by molar-refractivity contribution is 5.78. The Bertz CT molecular complexity index is 622. The summed E-state index contributed by atoms with van der Waals surface area (Å²) < 4.78 is 5.31. The van der Waals surface area contributed by atoms with Gasteiger partial charge in [0.05, 0.1) is 11.0 Å². The maximum absolute atomic E-state index is 11.9. The predicted molar refractivity (Wildman–Crippen MR) is 80.3 cm³/mol. The number of hydrogen-bond donors (Lipinski definition) is 1. The number of nitro groups is 1. The van der Waals surface area contributed by atoms with Crippen LogP contribution in [0.1, 0.15) is 26.3 Å². The molecule has 1 amide bonds. The van der Waals surface area contributed by atoms with Gasteiger partial charge in [-0.25, -0.2) is 0 Å². The third-order valence-corrected chi connectivity index (χ3v) is 3.52. The molecule has 0 heterocycles. The molecule has 0 aliphatic rings. The number of benzene rings is 1. The van der Waals surface area contributed by atoms with Gasteiger partial charge in [-0.1, -0.05) is 13.8 Å². The van der Waals surface area contributed by atoms with Gasteiger partial charge in [0.2, 0.25) is 0 Å². The van der Waals surface area contributed by atoms with Crippen LogP contribution in [-0.2, 0) is 4.79 Å². The van der Waals surface area contributed by atoms with Crippen LogP contribution >= 0.6 is 0 Å². The zero-order valence-electron chi connectivity index (χ0n) is 13.0. The molecule has 0 aromatic heterocycles. The number of amides is 1. The van der Waals surface area contributed by atoms with Crippen LogP contribution in [0.5, 0.6) is 5.75 Å². The fraction of sp³-hybridized carbons (Fsp3) is 0.467. The summed E-state index contributed by atoms with van der Waals surface area (Å²) in [6.07, 6.45) is 0. The summed E-state index contributed by atoms with van der Waals surface area (Å²) in [6, 6.07) is 6.34. The van der Waals surface area contributed by atoms with Gasteiger partial charge in [-0.15, -0.1) is 0 Å². The van der Waals surface area contributed by atoms with Crippen molar-refractivity contribution >= 4 is 11.6 Å². The van der Waals surface area contributed by atoms with Crippen molar-refractivity contribution < 1.29 is 14.5 Å². The van der Waals surface area contributed by atoms with Gasteiger partial charge in [-0.05, 0) is 31.9 Å². The Labute approximate surface area is 129 Å². The van der Waals surface area contributed by atoms with E-state index in [0.717, 1.165) is 0 Å². The van der Waals surface area contributed by atoms with Crippen molar-refractivity contribution in [1.29, 1.82) is 5.26 Å². The molecular formula is C15H19N3O4. The van der Waals surface area contributed by atoms with Crippen molar-refractivity contribution in [2.45, 2.75) is 33.2 Å². The molecule has 22 heavy (non-hydrogen) atoms. The summed E-state index contributed by atoms with van der Waals surface area (Å²) in [4.78, 5) is 22.1. The molecule has 1 aromatic carbocycles. The first kappa shape index (κ1) is 17.4. The first-order chi connectivity index (χ1) is 10.2. The number of carbonyl (C=O) groups is 1. The number of rotatable bonds is 6. The second-order valence-electron chi connectivity index (χ2n) is 5.51. The summed E-state index contributed by atoms with van der Waals surface area (Å²) >= 11 is 0. The minimum atomic E-state index is -0.966. The molecule has 0 aliphatic carbocycles. The lowest BCUT2D eigenvalue weighted by Gasteiger charge is -2.27. The SMILES string of the molecule is Cc1cc(OCC(=O)NC(C)(C#N)C(C)C)ccc1[N+](=O)[O-]. The van der Waals surface area contributed by atoms with Crippen LogP contribution in [-0.4, -0.2) is 23.0 Å². The second-order valence-corrected chi connectivity index (χ2v) is 5.51. The number of ether oxygens (including phenoxy) is 1. The third-order valence-electron chi connectivity index (χ3n) is 3.52. The number of hydrogen-bond acceptors (Lipinski definition) is 5. The lowest BCUT2D eigenvalue weighted by atomic mass is 9.90. The molecule has 0 radical (unpaired) electrons. The van der Waals surface area contributed by atoms with Gasteiger partial charge in [-0.3, -0.25) is 14.9 Å². The van der Waals surface area contributed by atoms with Gasteiger partial charge in [-0.2, -0.15) is 5.26 Å². The summed E-state index contributed by atoms with van der Waals surface area (Å²) in [6.45, 7) is 6.65. The first-order valence-electron chi connectivity index (χ1n) is 6.79. The van der Waals surface area contributed by atoms with Gasteiger partial charge in [0.1, 0.15) is 11.3 Å². The number of nitrogens with one attached hydrogen (secondary N) is 1. The topological polar surface area (TPSA) is 105 Å². The zero-order valence-corrected chi connectivity index (χ0v) is 13.0. The molecule has 0 bridgehead atoms. The zero-order chi connectivity index (χ0) is 16.9. The van der Waals surface area contributed by atoms with E-state index in [0.29, 0.717) is 11.3 Å². The molecule has 0 saturated carbocycles. The summed E-state index contributed by atoms with van der Waals surface area (Å²) in [5, 5.41) is 22.5. The Kier molecular flexibility index (Phi) is 5.46. The van der Waals surface area contributed by atoms with Gasteiger partial charge >= 0.3 is 0 Å². The average molecular weight is 305 g/mol. The van der Waals surface area contributed by atoms with E-state index in [4.69, 9.17) is 10.00 Å². The lowest BCUT2D eigenvalue weighted by molar-refractivity contribution is -0.385. The van der Waals surface area contributed by atoms with Crippen molar-refractivity contribution in [3.05, 3.63) is 33.9 Å². The Morgan fingerprint density at radius 2 is 2.18 bits per heavy atom. The van der Waals surface area contributed by atoms with E-state index in [1.807, 2.05) is 13.8 Å². The average Bonchev–Trinajstić information content (AvgIpc) is 2.44. The Hall–Kier alpha value is -2.62. The minimum absolute atomic E-state index is 0.00587. The molecule has 0 spiro atoms. The van der Waals surface area contributed by atoms with Gasteiger partial charge in [0, 0.05) is 11.6 Å². The molecule has 1 N–H and O–H groups in total. The highest BCUT2D eigenvalue weighted by Gasteiger charge is 2.30. The molecule has 0 aliphatic heterocycles. The quantitative estimate of drug-likeness (QED) is 0.641. The molecule has 1 rings (SSSR count). The largest absolute Gasteiger partial charge is 0.484 e. The molecular weight excluding hydrogens is 286 g/mol. The number of nitrogens with zero attached hydrogens (tertiary/aromatic N) is 2. The maximum atomic E-state index is 11.9. The van der Waals surface area contributed by atoms with E-state index < -0.39 is 16.4 Å². The van der Waals surface area contributed by atoms with E-state index in [1.54, 1.807) is 13.8 Å². The molecule has 0 saturated heterocycles. The van der Waals surface area contributed by atoms with E-state index in [-0.39, 0.29) is 18.2 Å².